The number of anilines is 3. The Morgan fingerprint density at radius 3 is 1.16 bits per heavy atom. The van der Waals surface area contributed by atoms with Crippen LogP contribution in [0.5, 0.6) is 0 Å². The standard InChI is InChI=1S/C20H22N2O4.C15H20BNO4.C15H14N2O2.C11H14BrNO2.C9H8BrNO2/c1-12-10-17-16(22(5)19(24)25-17)11-15(12)13-6-8-14(9-7-13)21-18(23)26-20(2,3)4;1-9-7-12-11(17(6)13(18)19-12)8-10(9)16-20-14(2,3)15(4,5)21-16;1-9-7-14-13(17(2)15(18)19-14)8-12(9)10-3-5-11(16)6-4-10;1-11(2,3)15-10(14)13-9-6-4-8(12)5-7-9;1-5-3-8-7(4-6(5)10)11(2)9(12)13-8/h6-11H,1-5H3,(H,21,23);7-8H,1-6H3;3-8H,16H2,1-2H3;4-7H,1-3H3,(H,13,14);3-4H,1-2H3. The highest BCUT2D eigenvalue weighted by Crippen LogP contribution is 2.37. The van der Waals surface area contributed by atoms with E-state index in [1.165, 1.54) is 18.3 Å². The molecule has 0 bridgehead atoms. The summed E-state index contributed by atoms with van der Waals surface area (Å²) in [5, 5.41) is 5.36. The molecule has 0 atom stereocenters. The minimum atomic E-state index is -0.545. The van der Waals surface area contributed by atoms with E-state index in [1.54, 1.807) is 40.3 Å². The minimum Gasteiger partial charge on any atom is -0.444 e. The first-order valence-corrected chi connectivity index (χ1v) is 31.5. The molecule has 12 rings (SSSR count). The van der Waals surface area contributed by atoms with Crippen LogP contribution in [0.15, 0.2) is 167 Å². The van der Waals surface area contributed by atoms with Crippen molar-refractivity contribution in [2.24, 2.45) is 28.2 Å². The van der Waals surface area contributed by atoms with Crippen molar-refractivity contribution in [1.29, 1.82) is 0 Å². The lowest BCUT2D eigenvalue weighted by Gasteiger charge is -2.32. The van der Waals surface area contributed by atoms with Crippen molar-refractivity contribution in [2.45, 2.75) is 119 Å². The zero-order valence-corrected chi connectivity index (χ0v) is 59.1. The summed E-state index contributed by atoms with van der Waals surface area (Å²) in [6.45, 7) is 26.9. The third-order valence-corrected chi connectivity index (χ3v) is 17.0. The van der Waals surface area contributed by atoms with Gasteiger partial charge >= 0.3 is 42.3 Å². The number of fused-ring (bicyclic) bond motifs is 4. The Morgan fingerprint density at radius 2 is 0.787 bits per heavy atom. The van der Waals surface area contributed by atoms with Crippen LogP contribution in [-0.2, 0) is 47.0 Å². The molecule has 0 saturated carbocycles. The third-order valence-electron chi connectivity index (χ3n) is 15.6. The summed E-state index contributed by atoms with van der Waals surface area (Å²) in [5.74, 6) is -1.42. The topological polar surface area (TPSA) is 262 Å². The van der Waals surface area contributed by atoms with E-state index in [0.717, 1.165) is 86.7 Å². The molecule has 11 aromatic rings. The minimum absolute atomic E-state index is 0.326. The summed E-state index contributed by atoms with van der Waals surface area (Å²) in [4.78, 5) is 69.2. The van der Waals surface area contributed by atoms with Crippen molar-refractivity contribution < 1.29 is 46.0 Å². The van der Waals surface area contributed by atoms with Crippen molar-refractivity contribution in [3.8, 4) is 22.3 Å². The number of amides is 2. The molecule has 2 amide bonds. The molecule has 1 aliphatic heterocycles. The van der Waals surface area contributed by atoms with Gasteiger partial charge in [0.05, 0.1) is 33.3 Å². The van der Waals surface area contributed by atoms with Gasteiger partial charge in [-0.15, -0.1) is 0 Å². The number of benzene rings is 7. The highest BCUT2D eigenvalue weighted by atomic mass is 79.9. The van der Waals surface area contributed by atoms with Gasteiger partial charge in [-0.1, -0.05) is 56.1 Å². The van der Waals surface area contributed by atoms with Crippen molar-refractivity contribution in [1.82, 2.24) is 18.3 Å². The Hall–Kier alpha value is -9.10. The maximum absolute atomic E-state index is 11.8. The summed E-state index contributed by atoms with van der Waals surface area (Å²) < 4.78 is 51.1. The molecule has 7 aromatic carbocycles. The van der Waals surface area contributed by atoms with E-state index in [1.807, 2.05) is 206 Å². The molecule has 1 fully saturated rings. The molecule has 0 radical (unpaired) electrons. The van der Waals surface area contributed by atoms with Gasteiger partial charge in [0.15, 0.2) is 22.3 Å². The average molecular weight is 1410 g/mol. The van der Waals surface area contributed by atoms with Gasteiger partial charge in [-0.2, -0.15) is 0 Å². The molecule has 1 aliphatic rings. The lowest BCUT2D eigenvalue weighted by Crippen LogP contribution is -2.41. The molecule has 4 aromatic heterocycles. The maximum Gasteiger partial charge on any atom is 0.495 e. The normalized spacial score (nSPS) is 13.3. The van der Waals surface area contributed by atoms with Crippen LogP contribution in [0.3, 0.4) is 0 Å². The summed E-state index contributed by atoms with van der Waals surface area (Å²) in [6.07, 6.45) is -0.930. The zero-order chi connectivity index (χ0) is 69.3. The fourth-order valence-electron chi connectivity index (χ4n) is 9.71. The predicted octanol–water partition coefficient (Wildman–Crippen LogP) is 14.9. The molecule has 5 heterocycles. The fraction of sp³-hybridized carbons (Fsp3) is 0.314. The summed E-state index contributed by atoms with van der Waals surface area (Å²) in [6, 6.07) is 37.6. The number of carbonyl (C=O) groups excluding carboxylic acids is 2. The number of aryl methyl sites for hydroxylation is 8. The number of ether oxygens (including phenoxy) is 2. The first-order chi connectivity index (χ1) is 43.8. The number of nitrogens with one attached hydrogen (secondary N) is 2. The number of nitrogens with zero attached hydrogens (tertiary/aromatic N) is 4. The molecule has 0 aliphatic carbocycles. The van der Waals surface area contributed by atoms with E-state index in [0.29, 0.717) is 33.7 Å². The van der Waals surface area contributed by atoms with Gasteiger partial charge < -0.3 is 42.2 Å². The van der Waals surface area contributed by atoms with Crippen molar-refractivity contribution in [3.05, 3.63) is 195 Å². The summed E-state index contributed by atoms with van der Waals surface area (Å²) in [5.41, 5.74) is 20.7. The van der Waals surface area contributed by atoms with Gasteiger partial charge in [0.25, 0.3) is 0 Å². The molecule has 0 spiro atoms. The van der Waals surface area contributed by atoms with Crippen LogP contribution in [0.1, 0.15) is 91.5 Å². The molecule has 24 heteroatoms. The van der Waals surface area contributed by atoms with Crippen molar-refractivity contribution in [2.75, 3.05) is 16.4 Å². The first kappa shape index (κ1) is 70.8. The number of hydrogen-bond donors (Lipinski definition) is 3. The highest BCUT2D eigenvalue weighted by molar-refractivity contribution is 9.10. The van der Waals surface area contributed by atoms with Gasteiger partial charge in [-0.05, 0) is 244 Å². The average Bonchev–Trinajstić information content (AvgIpc) is 1.61. The number of oxazole rings is 4. The van der Waals surface area contributed by atoms with Gasteiger partial charge in [-0.25, -0.2) is 28.8 Å². The van der Waals surface area contributed by atoms with Gasteiger partial charge in [0.1, 0.15) is 11.2 Å². The Balaban J connectivity index is 0.000000154. The molecular formula is C70H78BBr2N7O14. The second-order valence-electron chi connectivity index (χ2n) is 25.8. The number of nitrogen functional groups attached to an aromatic ring is 1. The van der Waals surface area contributed by atoms with Crippen LogP contribution in [0.25, 0.3) is 66.7 Å². The Morgan fingerprint density at radius 1 is 0.468 bits per heavy atom. The largest absolute Gasteiger partial charge is 0.495 e. The van der Waals surface area contributed by atoms with Crippen LogP contribution in [0.2, 0.25) is 0 Å². The molecule has 0 unspecified atom stereocenters. The van der Waals surface area contributed by atoms with Crippen molar-refractivity contribution in [3.63, 3.8) is 0 Å². The number of aromatic nitrogens is 4. The first-order valence-electron chi connectivity index (χ1n) is 29.9. The molecular weight excluding hydrogens is 1330 g/mol. The van der Waals surface area contributed by atoms with Gasteiger partial charge in [0.2, 0.25) is 0 Å². The quantitative estimate of drug-likeness (QED) is 0.107. The monoisotopic (exact) mass is 1410 g/mol. The number of carbonyl (C=O) groups is 2. The van der Waals surface area contributed by atoms with Crippen LogP contribution in [0, 0.1) is 27.7 Å². The number of rotatable bonds is 5. The second kappa shape index (κ2) is 27.8. The fourth-order valence-corrected chi connectivity index (χ4v) is 10.3. The molecule has 1 saturated heterocycles. The van der Waals surface area contributed by atoms with E-state index in [4.69, 9.17) is 42.2 Å². The number of hydrogen-bond acceptors (Lipinski definition) is 15. The SMILES string of the molecule is CC(C)(C)OC(=O)Nc1ccc(Br)cc1.Cc1cc2oc(=O)n(C)c2cc1-c1ccc(N)cc1.Cc1cc2oc(=O)n(C)c2cc1-c1ccc(NC(=O)OC(C)(C)C)cc1.Cc1cc2oc(=O)n(C)c2cc1B1OC(C)(C)C(C)(C)O1.Cc1cc2oc(=O)n(C)c2cc1Br. The van der Waals surface area contributed by atoms with E-state index >= 15 is 0 Å². The Bertz CT molecular complexity index is 4840. The smallest absolute Gasteiger partial charge is 0.444 e. The van der Waals surface area contributed by atoms with E-state index in [2.05, 4.69) is 42.5 Å². The lowest BCUT2D eigenvalue weighted by atomic mass is 9.76. The van der Waals surface area contributed by atoms with Crippen LogP contribution in [-0.4, -0.2) is 60.0 Å². The van der Waals surface area contributed by atoms with Crippen molar-refractivity contribution >= 4 is 118 Å². The maximum atomic E-state index is 11.8. The second-order valence-corrected chi connectivity index (χ2v) is 27.5. The Labute approximate surface area is 560 Å². The van der Waals surface area contributed by atoms with Gasteiger partial charge in [0, 0.05) is 54.2 Å². The molecule has 94 heavy (non-hydrogen) atoms. The third kappa shape index (κ3) is 16.8. The van der Waals surface area contributed by atoms with Crippen LogP contribution in [0.4, 0.5) is 26.7 Å². The predicted molar refractivity (Wildman–Crippen MR) is 377 cm³/mol. The molecule has 4 N–H and O–H groups in total. The highest BCUT2D eigenvalue weighted by Gasteiger charge is 2.52. The summed E-state index contributed by atoms with van der Waals surface area (Å²) >= 11 is 6.72. The van der Waals surface area contributed by atoms with E-state index in [-0.39, 0.29) is 34.2 Å². The zero-order valence-electron chi connectivity index (χ0n) is 56.0. The van der Waals surface area contributed by atoms with E-state index in [9.17, 15) is 28.8 Å². The summed E-state index contributed by atoms with van der Waals surface area (Å²) in [7, 11) is 6.33. The van der Waals surface area contributed by atoms with Gasteiger partial charge in [-0.3, -0.25) is 28.9 Å². The molecule has 21 nitrogen and oxygen atoms in total. The number of nitrogens with two attached hydrogens (primary N) is 1. The van der Waals surface area contributed by atoms with E-state index < -0.39 is 30.5 Å². The van der Waals surface area contributed by atoms with Crippen LogP contribution < -0.4 is 44.9 Å². The Kier molecular flexibility index (Phi) is 21.0. The molecule has 494 valence electrons. The lowest BCUT2D eigenvalue weighted by molar-refractivity contribution is 0.00578. The number of halogens is 2. The van der Waals surface area contributed by atoms with Crippen LogP contribution >= 0.6 is 31.9 Å².